The second kappa shape index (κ2) is 10.7. The van der Waals surface area contributed by atoms with Crippen LogP contribution in [0.25, 0.3) is 0 Å². The van der Waals surface area contributed by atoms with Crippen molar-refractivity contribution in [1.82, 2.24) is 25.3 Å². The zero-order valence-electron chi connectivity index (χ0n) is 20.9. The molecule has 0 spiro atoms. The smallest absolute Gasteiger partial charge is 0.353 e. The summed E-state index contributed by atoms with van der Waals surface area (Å²) in [7, 11) is 3.73. The van der Waals surface area contributed by atoms with Gasteiger partial charge in [0.25, 0.3) is 5.91 Å². The highest BCUT2D eigenvalue weighted by Crippen LogP contribution is 2.42. The Bertz CT molecular complexity index is 1070. The molecule has 0 fully saturated rings. The van der Waals surface area contributed by atoms with Crippen LogP contribution in [0.1, 0.15) is 31.0 Å². The van der Waals surface area contributed by atoms with Gasteiger partial charge in [-0.05, 0) is 31.6 Å². The van der Waals surface area contributed by atoms with Crippen LogP contribution in [0.15, 0.2) is 48.2 Å². The molecule has 3 rings (SSSR count). The molecule has 0 aromatic heterocycles. The van der Waals surface area contributed by atoms with Crippen molar-refractivity contribution in [1.29, 1.82) is 0 Å². The van der Waals surface area contributed by atoms with Gasteiger partial charge in [0, 0.05) is 19.6 Å². The Morgan fingerprint density at radius 3 is 2.53 bits per heavy atom. The van der Waals surface area contributed by atoms with E-state index in [0.29, 0.717) is 13.1 Å². The molecule has 2 unspecified atom stereocenters. The van der Waals surface area contributed by atoms with Crippen molar-refractivity contribution in [3.8, 4) is 0 Å². The predicted octanol–water partition coefficient (Wildman–Crippen LogP) is 2.76. The Hall–Kier alpha value is -3.34. The van der Waals surface area contributed by atoms with Crippen LogP contribution >= 0.6 is 0 Å². The second-order valence-electron chi connectivity index (χ2n) is 9.44. The van der Waals surface area contributed by atoms with E-state index >= 15 is 0 Å². The lowest BCUT2D eigenvalue weighted by atomic mass is 9.91. The first kappa shape index (κ1) is 27.3. The Labute approximate surface area is 208 Å². The van der Waals surface area contributed by atoms with Gasteiger partial charge in [-0.1, -0.05) is 38.1 Å². The summed E-state index contributed by atoms with van der Waals surface area (Å²) < 4.78 is 41.5. The zero-order valence-corrected chi connectivity index (χ0v) is 20.9. The topological polar surface area (TPSA) is 85.0 Å². The van der Waals surface area contributed by atoms with E-state index in [2.05, 4.69) is 17.2 Å². The number of likely N-dealkylation sites (N-methyl/N-ethyl adjacent to an activating group) is 1. The lowest BCUT2D eigenvalue weighted by Crippen LogP contribution is -2.52. The van der Waals surface area contributed by atoms with Crippen LogP contribution in [0.3, 0.4) is 0 Å². The summed E-state index contributed by atoms with van der Waals surface area (Å²) in [6.45, 7) is 8.18. The average molecular weight is 508 g/mol. The molecule has 0 radical (unpaired) electrons. The summed E-state index contributed by atoms with van der Waals surface area (Å²) in [5.74, 6) is -1.23. The monoisotopic (exact) mass is 507 g/mol. The number of carbonyl (C=O) groups excluding carboxylic acids is 3. The molecule has 11 heteroatoms. The second-order valence-corrected chi connectivity index (χ2v) is 9.44. The fraction of sp³-hybridized carbons (Fsp3) is 0.480. The van der Waals surface area contributed by atoms with Gasteiger partial charge in [-0.25, -0.2) is 4.79 Å². The largest absolute Gasteiger partial charge is 0.416 e. The number of nitrogens with one attached hydrogen (secondary N) is 2. The highest BCUT2D eigenvalue weighted by Gasteiger charge is 2.49. The Morgan fingerprint density at radius 2 is 1.94 bits per heavy atom. The highest BCUT2D eigenvalue weighted by molar-refractivity contribution is 6.03. The van der Waals surface area contributed by atoms with Crippen molar-refractivity contribution in [2.45, 2.75) is 32.1 Å². The summed E-state index contributed by atoms with van der Waals surface area (Å²) in [6, 6.07) is 2.04. The molecule has 2 aliphatic rings. The van der Waals surface area contributed by atoms with Crippen LogP contribution in [-0.4, -0.2) is 78.9 Å². The lowest BCUT2D eigenvalue weighted by Gasteiger charge is -2.33. The predicted molar refractivity (Wildman–Crippen MR) is 129 cm³/mol. The molecule has 0 saturated heterocycles. The third kappa shape index (κ3) is 5.40. The van der Waals surface area contributed by atoms with Crippen molar-refractivity contribution < 1.29 is 27.6 Å². The maximum Gasteiger partial charge on any atom is 0.416 e. The molecule has 8 nitrogen and oxygen atoms in total. The lowest BCUT2D eigenvalue weighted by molar-refractivity contribution is -0.139. The van der Waals surface area contributed by atoms with Crippen molar-refractivity contribution >= 4 is 17.8 Å². The number of halogens is 3. The minimum atomic E-state index is -4.69. The molecule has 4 amide bonds. The van der Waals surface area contributed by atoms with Gasteiger partial charge in [0.2, 0.25) is 5.91 Å². The van der Waals surface area contributed by atoms with E-state index < -0.39 is 35.8 Å². The van der Waals surface area contributed by atoms with Crippen LogP contribution < -0.4 is 10.6 Å². The minimum Gasteiger partial charge on any atom is -0.353 e. The molecule has 0 aliphatic carbocycles. The summed E-state index contributed by atoms with van der Waals surface area (Å²) in [6.07, 6.45) is -3.22. The molecule has 196 valence electrons. The van der Waals surface area contributed by atoms with E-state index in [4.69, 9.17) is 0 Å². The standard InChI is InChI=1S/C25H32F3N5O3/c1-6-12-32-18-14-33(21(15(2)3)22(34)29-11-13-31(4)5)23(35)19(18)20(30-24(32)36)16-9-7-8-10-17(16)25(26,27)28/h6-10,15,20-21H,1,11-14H2,2-5H3,(H,29,34)(H,30,36). The van der Waals surface area contributed by atoms with Crippen molar-refractivity contribution in [2.75, 3.05) is 40.3 Å². The quantitative estimate of drug-likeness (QED) is 0.504. The minimum absolute atomic E-state index is 0.0277. The van der Waals surface area contributed by atoms with E-state index in [9.17, 15) is 27.6 Å². The van der Waals surface area contributed by atoms with Gasteiger partial charge in [0.1, 0.15) is 6.04 Å². The Kier molecular flexibility index (Phi) is 8.12. The number of alkyl halides is 3. The van der Waals surface area contributed by atoms with Gasteiger partial charge in [0.15, 0.2) is 0 Å². The van der Waals surface area contributed by atoms with Gasteiger partial charge < -0.3 is 20.4 Å². The zero-order chi connectivity index (χ0) is 26.8. The van der Waals surface area contributed by atoms with Gasteiger partial charge >= 0.3 is 12.2 Å². The molecule has 0 bridgehead atoms. The number of amides is 4. The van der Waals surface area contributed by atoms with Gasteiger partial charge in [-0.15, -0.1) is 6.58 Å². The molecule has 2 atom stereocenters. The van der Waals surface area contributed by atoms with Crippen LogP contribution in [0.2, 0.25) is 0 Å². The Morgan fingerprint density at radius 1 is 1.28 bits per heavy atom. The van der Waals surface area contributed by atoms with E-state index in [1.165, 1.54) is 34.1 Å². The number of carbonyl (C=O) groups is 3. The maximum absolute atomic E-state index is 13.8. The molecule has 1 aromatic rings. The molecular weight excluding hydrogens is 475 g/mol. The van der Waals surface area contributed by atoms with Gasteiger partial charge in [-0.2, -0.15) is 13.2 Å². The maximum atomic E-state index is 13.8. The molecule has 2 aliphatic heterocycles. The first-order valence-electron chi connectivity index (χ1n) is 11.7. The number of benzene rings is 1. The van der Waals surface area contributed by atoms with Crippen molar-refractivity contribution in [2.24, 2.45) is 5.92 Å². The van der Waals surface area contributed by atoms with Gasteiger partial charge in [0.05, 0.1) is 29.4 Å². The van der Waals surface area contributed by atoms with Crippen LogP contribution in [0.5, 0.6) is 0 Å². The van der Waals surface area contributed by atoms with Crippen molar-refractivity contribution in [3.63, 3.8) is 0 Å². The number of hydrogen-bond acceptors (Lipinski definition) is 4. The number of rotatable bonds is 9. The molecular formula is C25H32F3N5O3. The number of urea groups is 1. The first-order chi connectivity index (χ1) is 16.9. The van der Waals surface area contributed by atoms with Crippen molar-refractivity contribution in [3.05, 3.63) is 59.3 Å². The molecule has 36 heavy (non-hydrogen) atoms. The molecule has 1 aromatic carbocycles. The van der Waals surface area contributed by atoms with E-state index in [-0.39, 0.29) is 41.7 Å². The SMILES string of the molecule is C=CCN1C(=O)NC(c2ccccc2C(F)(F)F)C2=C1CN(C(C(=O)NCCN(C)C)C(C)C)C2=O. The van der Waals surface area contributed by atoms with E-state index in [1.807, 2.05) is 19.0 Å². The third-order valence-electron chi connectivity index (χ3n) is 6.23. The highest BCUT2D eigenvalue weighted by atomic mass is 19.4. The number of nitrogens with zero attached hydrogens (tertiary/aromatic N) is 3. The summed E-state index contributed by atoms with van der Waals surface area (Å²) in [4.78, 5) is 44.4. The van der Waals surface area contributed by atoms with Crippen LogP contribution in [0.4, 0.5) is 18.0 Å². The normalized spacial score (nSPS) is 19.1. The molecule has 2 heterocycles. The molecule has 2 N–H and O–H groups in total. The fourth-order valence-corrected chi connectivity index (χ4v) is 4.61. The fourth-order valence-electron chi connectivity index (χ4n) is 4.61. The third-order valence-corrected chi connectivity index (χ3v) is 6.23. The summed E-state index contributed by atoms with van der Waals surface area (Å²) >= 11 is 0. The van der Waals surface area contributed by atoms with Crippen LogP contribution in [0, 0.1) is 5.92 Å². The number of hydrogen-bond donors (Lipinski definition) is 2. The summed E-state index contributed by atoms with van der Waals surface area (Å²) in [5, 5.41) is 5.41. The van der Waals surface area contributed by atoms with Gasteiger partial charge in [-0.3, -0.25) is 14.5 Å². The Balaban J connectivity index is 2.04. The average Bonchev–Trinajstić information content (AvgIpc) is 3.11. The first-order valence-corrected chi connectivity index (χ1v) is 11.7. The van der Waals surface area contributed by atoms with Crippen LogP contribution in [-0.2, 0) is 15.8 Å². The summed E-state index contributed by atoms with van der Waals surface area (Å²) in [5.41, 5.74) is -0.861. The molecule has 0 saturated carbocycles. The van der Waals surface area contributed by atoms with E-state index in [1.54, 1.807) is 13.8 Å². The van der Waals surface area contributed by atoms with E-state index in [0.717, 1.165) is 6.07 Å².